The molecule has 0 amide bonds. The van der Waals surface area contributed by atoms with Crippen LogP contribution in [0.2, 0.25) is 0 Å². The standard InChI is InChI=1S/C18H18F2N4O/c1-11(2)18(23-21)24-7-3-4-12(9-24)17-16(22-10-25-17)14-8-13(19)5-6-15(14)20/h3-6,8-11H,7,21H2,1-2H3/b23-18-. The summed E-state index contributed by atoms with van der Waals surface area (Å²) in [6.45, 7) is 4.58. The van der Waals surface area contributed by atoms with Crippen molar-refractivity contribution in [2.45, 2.75) is 13.8 Å². The predicted octanol–water partition coefficient (Wildman–Crippen LogP) is 3.76. The first-order valence-corrected chi connectivity index (χ1v) is 7.83. The van der Waals surface area contributed by atoms with E-state index in [0.717, 1.165) is 18.2 Å². The van der Waals surface area contributed by atoms with Gasteiger partial charge in [0.2, 0.25) is 0 Å². The second kappa shape index (κ2) is 6.88. The fraction of sp³-hybridized carbons (Fsp3) is 0.222. The molecule has 0 bridgehead atoms. The highest BCUT2D eigenvalue weighted by Gasteiger charge is 2.21. The molecule has 1 aromatic carbocycles. The van der Waals surface area contributed by atoms with Crippen molar-refractivity contribution in [1.29, 1.82) is 0 Å². The Balaban J connectivity index is 2.03. The van der Waals surface area contributed by atoms with Gasteiger partial charge in [-0.15, -0.1) is 0 Å². The molecule has 1 aliphatic heterocycles. The van der Waals surface area contributed by atoms with E-state index in [1.807, 2.05) is 37.1 Å². The summed E-state index contributed by atoms with van der Waals surface area (Å²) < 4.78 is 33.1. The number of halogens is 2. The smallest absolute Gasteiger partial charge is 0.182 e. The lowest BCUT2D eigenvalue weighted by Crippen LogP contribution is -2.32. The molecule has 2 aromatic rings. The molecule has 0 radical (unpaired) electrons. The Bertz CT molecular complexity index is 868. The van der Waals surface area contributed by atoms with Crippen LogP contribution in [0.15, 0.2) is 52.5 Å². The number of hydrogen-bond donors (Lipinski definition) is 1. The lowest BCUT2D eigenvalue weighted by molar-refractivity contribution is 0.536. The molecule has 0 fully saturated rings. The van der Waals surface area contributed by atoms with Gasteiger partial charge in [-0.05, 0) is 18.2 Å². The third-order valence-electron chi connectivity index (χ3n) is 3.85. The van der Waals surface area contributed by atoms with Crippen molar-refractivity contribution in [2.24, 2.45) is 16.9 Å². The van der Waals surface area contributed by atoms with Crippen LogP contribution in [0.1, 0.15) is 19.6 Å². The molecule has 0 spiro atoms. The minimum atomic E-state index is -0.569. The van der Waals surface area contributed by atoms with Gasteiger partial charge >= 0.3 is 0 Å². The number of amidine groups is 1. The van der Waals surface area contributed by atoms with Gasteiger partial charge in [-0.25, -0.2) is 13.8 Å². The van der Waals surface area contributed by atoms with Crippen molar-refractivity contribution in [3.05, 3.63) is 60.3 Å². The Morgan fingerprint density at radius 3 is 2.88 bits per heavy atom. The maximum absolute atomic E-state index is 14.1. The second-order valence-electron chi connectivity index (χ2n) is 5.94. The molecule has 1 aromatic heterocycles. The molecule has 130 valence electrons. The molecule has 0 atom stereocenters. The van der Waals surface area contributed by atoms with Crippen LogP contribution in [0.25, 0.3) is 16.8 Å². The van der Waals surface area contributed by atoms with Gasteiger partial charge in [0.25, 0.3) is 0 Å². The summed E-state index contributed by atoms with van der Waals surface area (Å²) in [6.07, 6.45) is 6.78. The van der Waals surface area contributed by atoms with Gasteiger partial charge in [-0.1, -0.05) is 26.0 Å². The SMILES string of the molecule is CC(C)/C(=N/N)N1C=C(c2ocnc2-c2cc(F)ccc2F)C=CC1. The number of aromatic nitrogens is 1. The van der Waals surface area contributed by atoms with Gasteiger partial charge < -0.3 is 15.2 Å². The molecule has 2 N–H and O–H groups in total. The summed E-state index contributed by atoms with van der Waals surface area (Å²) in [5.74, 6) is 5.57. The average molecular weight is 344 g/mol. The zero-order valence-electron chi connectivity index (χ0n) is 13.9. The summed E-state index contributed by atoms with van der Waals surface area (Å²) in [4.78, 5) is 5.95. The fourth-order valence-electron chi connectivity index (χ4n) is 2.73. The first-order chi connectivity index (χ1) is 12.0. The van der Waals surface area contributed by atoms with Crippen LogP contribution in [-0.4, -0.2) is 22.3 Å². The number of benzene rings is 1. The highest BCUT2D eigenvalue weighted by molar-refractivity contribution is 5.89. The quantitative estimate of drug-likeness (QED) is 0.398. The summed E-state index contributed by atoms with van der Waals surface area (Å²) in [5, 5.41) is 3.84. The lowest BCUT2D eigenvalue weighted by atomic mass is 10.0. The van der Waals surface area contributed by atoms with Crippen molar-refractivity contribution in [3.8, 4) is 11.3 Å². The molecule has 0 aliphatic carbocycles. The van der Waals surface area contributed by atoms with E-state index in [2.05, 4.69) is 10.1 Å². The van der Waals surface area contributed by atoms with Gasteiger partial charge in [0.1, 0.15) is 23.2 Å². The van der Waals surface area contributed by atoms with E-state index in [4.69, 9.17) is 10.3 Å². The number of hydrogen-bond acceptors (Lipinski definition) is 4. The van der Waals surface area contributed by atoms with Crippen molar-refractivity contribution in [2.75, 3.05) is 6.54 Å². The molecule has 25 heavy (non-hydrogen) atoms. The van der Waals surface area contributed by atoms with Crippen LogP contribution in [0.3, 0.4) is 0 Å². The van der Waals surface area contributed by atoms with Gasteiger partial charge in [-0.3, -0.25) is 0 Å². The van der Waals surface area contributed by atoms with E-state index in [-0.39, 0.29) is 17.2 Å². The van der Waals surface area contributed by atoms with Crippen LogP contribution in [-0.2, 0) is 0 Å². The minimum absolute atomic E-state index is 0.0479. The Labute approximate surface area is 144 Å². The highest BCUT2D eigenvalue weighted by Crippen LogP contribution is 2.32. The third kappa shape index (κ3) is 3.31. The number of allylic oxidation sites excluding steroid dienone is 2. The number of hydrazone groups is 1. The first kappa shape index (κ1) is 16.9. The Morgan fingerprint density at radius 1 is 1.36 bits per heavy atom. The molecular weight excluding hydrogens is 326 g/mol. The van der Waals surface area contributed by atoms with E-state index in [0.29, 0.717) is 23.7 Å². The van der Waals surface area contributed by atoms with Crippen LogP contribution in [0.4, 0.5) is 8.78 Å². The monoisotopic (exact) mass is 344 g/mol. The first-order valence-electron chi connectivity index (χ1n) is 7.83. The minimum Gasteiger partial charge on any atom is -0.443 e. The van der Waals surface area contributed by atoms with E-state index >= 15 is 0 Å². The number of rotatable bonds is 3. The molecule has 5 nitrogen and oxygen atoms in total. The summed E-state index contributed by atoms with van der Waals surface area (Å²) >= 11 is 0. The van der Waals surface area contributed by atoms with Crippen molar-refractivity contribution < 1.29 is 13.2 Å². The largest absolute Gasteiger partial charge is 0.443 e. The molecule has 1 aliphatic rings. The number of oxazole rings is 1. The maximum Gasteiger partial charge on any atom is 0.182 e. The molecule has 7 heteroatoms. The van der Waals surface area contributed by atoms with Gasteiger partial charge in [-0.2, -0.15) is 5.10 Å². The lowest BCUT2D eigenvalue weighted by Gasteiger charge is -2.26. The van der Waals surface area contributed by atoms with Gasteiger partial charge in [0.15, 0.2) is 12.2 Å². The van der Waals surface area contributed by atoms with Crippen LogP contribution in [0.5, 0.6) is 0 Å². The molecule has 0 unspecified atom stereocenters. The normalized spacial score (nSPS) is 15.0. The van der Waals surface area contributed by atoms with Crippen molar-refractivity contribution in [3.63, 3.8) is 0 Å². The summed E-state index contributed by atoms with van der Waals surface area (Å²) in [6, 6.07) is 3.23. The van der Waals surface area contributed by atoms with Crippen LogP contribution in [0, 0.1) is 17.6 Å². The van der Waals surface area contributed by atoms with Crippen molar-refractivity contribution >= 4 is 11.4 Å². The highest BCUT2D eigenvalue weighted by atomic mass is 19.1. The van der Waals surface area contributed by atoms with Crippen LogP contribution >= 0.6 is 0 Å². The van der Waals surface area contributed by atoms with E-state index in [1.165, 1.54) is 6.39 Å². The predicted molar refractivity (Wildman–Crippen MR) is 92.1 cm³/mol. The van der Waals surface area contributed by atoms with E-state index in [9.17, 15) is 8.78 Å². The molecule has 2 heterocycles. The number of nitrogens with two attached hydrogens (primary N) is 1. The second-order valence-corrected chi connectivity index (χ2v) is 5.94. The van der Waals surface area contributed by atoms with Crippen LogP contribution < -0.4 is 5.84 Å². The summed E-state index contributed by atoms with van der Waals surface area (Å²) in [5.41, 5.74) is 0.960. The maximum atomic E-state index is 14.1. The number of nitrogens with zero attached hydrogens (tertiary/aromatic N) is 3. The third-order valence-corrected chi connectivity index (χ3v) is 3.85. The Hall–Kier alpha value is -2.96. The summed E-state index contributed by atoms with van der Waals surface area (Å²) in [7, 11) is 0. The fourth-order valence-corrected chi connectivity index (χ4v) is 2.73. The Kier molecular flexibility index (Phi) is 4.65. The zero-order valence-corrected chi connectivity index (χ0v) is 13.9. The molecule has 0 saturated heterocycles. The van der Waals surface area contributed by atoms with Gasteiger partial charge in [0, 0.05) is 29.8 Å². The van der Waals surface area contributed by atoms with Crippen molar-refractivity contribution in [1.82, 2.24) is 9.88 Å². The van der Waals surface area contributed by atoms with E-state index in [1.54, 1.807) is 0 Å². The average Bonchev–Trinajstić information content (AvgIpc) is 3.07. The van der Waals surface area contributed by atoms with Gasteiger partial charge in [0.05, 0.1) is 0 Å². The molecule has 3 rings (SSSR count). The topological polar surface area (TPSA) is 67.7 Å². The Morgan fingerprint density at radius 2 is 2.16 bits per heavy atom. The van der Waals surface area contributed by atoms with E-state index < -0.39 is 11.6 Å². The zero-order chi connectivity index (χ0) is 18.0. The molecule has 0 saturated carbocycles. The molecular formula is C18H18F2N4O.